The van der Waals surface area contributed by atoms with Gasteiger partial charge in [0.2, 0.25) is 5.91 Å². The van der Waals surface area contributed by atoms with Crippen molar-refractivity contribution < 1.29 is 19.4 Å². The Hall–Kier alpha value is -1.14. The molecular formula is C14H24N2O4. The summed E-state index contributed by atoms with van der Waals surface area (Å²) in [5.74, 6) is 0.00392. The van der Waals surface area contributed by atoms with Gasteiger partial charge in [-0.15, -0.1) is 0 Å². The average molecular weight is 284 g/mol. The van der Waals surface area contributed by atoms with Crippen molar-refractivity contribution in [3.63, 3.8) is 0 Å². The number of carboxylic acid groups (broad SMARTS) is 1. The van der Waals surface area contributed by atoms with Gasteiger partial charge >= 0.3 is 5.97 Å². The standard InChI is InChI=1S/C14H24N2O4/c17-13(15-9-11-1-2-11)10-16-6-3-12(4-7-16)20-8-5-14(18)19/h11-12H,1-10H2,(H,15,17)(H,18,19). The lowest BCUT2D eigenvalue weighted by Gasteiger charge is -2.31. The van der Waals surface area contributed by atoms with Crippen molar-refractivity contribution in [1.29, 1.82) is 0 Å². The van der Waals surface area contributed by atoms with E-state index in [1.165, 1.54) is 12.8 Å². The number of rotatable bonds is 8. The van der Waals surface area contributed by atoms with E-state index in [0.717, 1.165) is 32.5 Å². The Morgan fingerprint density at radius 1 is 1.20 bits per heavy atom. The largest absolute Gasteiger partial charge is 0.481 e. The fourth-order valence-corrected chi connectivity index (χ4v) is 2.39. The number of nitrogens with zero attached hydrogens (tertiary/aromatic N) is 1. The van der Waals surface area contributed by atoms with Gasteiger partial charge in [-0.05, 0) is 31.6 Å². The first-order valence-corrected chi connectivity index (χ1v) is 7.46. The summed E-state index contributed by atoms with van der Waals surface area (Å²) in [4.78, 5) is 24.3. The molecule has 114 valence electrons. The third-order valence-electron chi connectivity index (χ3n) is 3.86. The monoisotopic (exact) mass is 284 g/mol. The Bertz CT molecular complexity index is 336. The minimum atomic E-state index is -0.824. The van der Waals surface area contributed by atoms with E-state index in [0.29, 0.717) is 12.5 Å². The number of hydrogen-bond acceptors (Lipinski definition) is 4. The first kappa shape index (κ1) is 15.3. The van der Waals surface area contributed by atoms with Gasteiger partial charge < -0.3 is 15.2 Å². The van der Waals surface area contributed by atoms with Crippen LogP contribution in [0.4, 0.5) is 0 Å². The molecule has 0 radical (unpaired) electrons. The van der Waals surface area contributed by atoms with E-state index in [-0.39, 0.29) is 25.0 Å². The Morgan fingerprint density at radius 3 is 2.50 bits per heavy atom. The highest BCUT2D eigenvalue weighted by Gasteiger charge is 2.24. The number of carbonyl (C=O) groups excluding carboxylic acids is 1. The molecule has 1 saturated carbocycles. The molecule has 6 nitrogen and oxygen atoms in total. The number of aliphatic carboxylic acids is 1. The second-order valence-corrected chi connectivity index (χ2v) is 5.74. The van der Waals surface area contributed by atoms with Crippen LogP contribution in [0, 0.1) is 5.92 Å². The summed E-state index contributed by atoms with van der Waals surface area (Å²) < 4.78 is 5.53. The highest BCUT2D eigenvalue weighted by molar-refractivity contribution is 5.78. The van der Waals surface area contributed by atoms with E-state index >= 15 is 0 Å². The summed E-state index contributed by atoms with van der Waals surface area (Å²) in [6, 6.07) is 0. The van der Waals surface area contributed by atoms with Crippen LogP contribution in [0.1, 0.15) is 32.1 Å². The summed E-state index contributed by atoms with van der Waals surface area (Å²) in [7, 11) is 0. The number of amides is 1. The molecule has 0 aromatic carbocycles. The van der Waals surface area contributed by atoms with E-state index in [9.17, 15) is 9.59 Å². The zero-order valence-electron chi connectivity index (χ0n) is 11.8. The zero-order chi connectivity index (χ0) is 14.4. The van der Waals surface area contributed by atoms with Crippen molar-refractivity contribution in [2.75, 3.05) is 32.8 Å². The fourth-order valence-electron chi connectivity index (χ4n) is 2.39. The van der Waals surface area contributed by atoms with E-state index < -0.39 is 5.97 Å². The first-order chi connectivity index (χ1) is 9.63. The predicted octanol–water partition coefficient (Wildman–Crippen LogP) is 0.468. The van der Waals surface area contributed by atoms with Gasteiger partial charge in [-0.1, -0.05) is 0 Å². The van der Waals surface area contributed by atoms with E-state index in [1.54, 1.807) is 0 Å². The number of nitrogens with one attached hydrogen (secondary N) is 1. The summed E-state index contributed by atoms with van der Waals surface area (Å²) in [6.45, 7) is 3.26. The quantitative estimate of drug-likeness (QED) is 0.677. The second-order valence-electron chi connectivity index (χ2n) is 5.74. The highest BCUT2D eigenvalue weighted by atomic mass is 16.5. The number of carbonyl (C=O) groups is 2. The Balaban J connectivity index is 1.53. The molecule has 20 heavy (non-hydrogen) atoms. The van der Waals surface area contributed by atoms with Gasteiger partial charge in [-0.3, -0.25) is 14.5 Å². The van der Waals surface area contributed by atoms with Crippen LogP contribution in [0.25, 0.3) is 0 Å². The van der Waals surface area contributed by atoms with Gasteiger partial charge in [-0.2, -0.15) is 0 Å². The smallest absolute Gasteiger partial charge is 0.305 e. The Kier molecular flexibility index (Phi) is 5.79. The van der Waals surface area contributed by atoms with E-state index in [4.69, 9.17) is 9.84 Å². The SMILES string of the molecule is O=C(O)CCOC1CCN(CC(=O)NCC2CC2)CC1. The molecule has 0 aromatic heterocycles. The van der Waals surface area contributed by atoms with Crippen molar-refractivity contribution in [2.24, 2.45) is 5.92 Å². The minimum absolute atomic E-state index is 0.0593. The molecule has 0 spiro atoms. The topological polar surface area (TPSA) is 78.9 Å². The van der Waals surface area contributed by atoms with Gasteiger partial charge in [0, 0.05) is 19.6 Å². The van der Waals surface area contributed by atoms with Crippen molar-refractivity contribution in [3.05, 3.63) is 0 Å². The average Bonchev–Trinajstić information content (AvgIpc) is 3.22. The Morgan fingerprint density at radius 2 is 1.90 bits per heavy atom. The van der Waals surface area contributed by atoms with Crippen LogP contribution < -0.4 is 5.32 Å². The molecule has 6 heteroatoms. The maximum Gasteiger partial charge on any atom is 0.305 e. The summed E-state index contributed by atoms with van der Waals surface area (Å²) in [5.41, 5.74) is 0. The van der Waals surface area contributed by atoms with Crippen molar-refractivity contribution in [1.82, 2.24) is 10.2 Å². The number of carboxylic acids is 1. The summed E-state index contributed by atoms with van der Waals surface area (Å²) >= 11 is 0. The summed E-state index contributed by atoms with van der Waals surface area (Å²) in [5, 5.41) is 11.5. The molecular weight excluding hydrogens is 260 g/mol. The number of ether oxygens (including phenoxy) is 1. The molecule has 1 aliphatic carbocycles. The molecule has 2 aliphatic rings. The number of piperidine rings is 1. The maximum atomic E-state index is 11.7. The summed E-state index contributed by atoms with van der Waals surface area (Å²) in [6.07, 6.45) is 4.44. The zero-order valence-corrected chi connectivity index (χ0v) is 11.8. The van der Waals surface area contributed by atoms with Crippen LogP contribution in [-0.4, -0.2) is 60.8 Å². The fraction of sp³-hybridized carbons (Fsp3) is 0.857. The molecule has 2 rings (SSSR count). The van der Waals surface area contributed by atoms with Crippen LogP contribution in [0.2, 0.25) is 0 Å². The van der Waals surface area contributed by atoms with Gasteiger partial charge in [0.15, 0.2) is 0 Å². The molecule has 0 bridgehead atoms. The molecule has 1 saturated heterocycles. The van der Waals surface area contributed by atoms with Crippen molar-refractivity contribution in [3.8, 4) is 0 Å². The molecule has 1 aliphatic heterocycles. The van der Waals surface area contributed by atoms with Crippen LogP contribution in [0.3, 0.4) is 0 Å². The predicted molar refractivity (Wildman–Crippen MR) is 73.4 cm³/mol. The van der Waals surface area contributed by atoms with Crippen LogP contribution in [-0.2, 0) is 14.3 Å². The van der Waals surface area contributed by atoms with Crippen LogP contribution >= 0.6 is 0 Å². The van der Waals surface area contributed by atoms with Crippen molar-refractivity contribution >= 4 is 11.9 Å². The van der Waals surface area contributed by atoms with E-state index in [2.05, 4.69) is 10.2 Å². The molecule has 2 fully saturated rings. The molecule has 0 atom stereocenters. The maximum absolute atomic E-state index is 11.7. The lowest BCUT2D eigenvalue weighted by atomic mass is 10.1. The van der Waals surface area contributed by atoms with Gasteiger partial charge in [-0.25, -0.2) is 0 Å². The Labute approximate surface area is 119 Å². The molecule has 1 heterocycles. The number of hydrogen-bond donors (Lipinski definition) is 2. The molecule has 0 aromatic rings. The third kappa shape index (κ3) is 5.88. The number of likely N-dealkylation sites (tertiary alicyclic amines) is 1. The molecule has 1 amide bonds. The van der Waals surface area contributed by atoms with Crippen molar-refractivity contribution in [2.45, 2.75) is 38.2 Å². The first-order valence-electron chi connectivity index (χ1n) is 7.46. The lowest BCUT2D eigenvalue weighted by Crippen LogP contribution is -2.43. The minimum Gasteiger partial charge on any atom is -0.481 e. The third-order valence-corrected chi connectivity index (χ3v) is 3.86. The highest BCUT2D eigenvalue weighted by Crippen LogP contribution is 2.27. The normalized spacial score (nSPS) is 20.8. The van der Waals surface area contributed by atoms with Gasteiger partial charge in [0.25, 0.3) is 0 Å². The van der Waals surface area contributed by atoms with Gasteiger partial charge in [0.05, 0.1) is 25.7 Å². The molecule has 0 unspecified atom stereocenters. The van der Waals surface area contributed by atoms with Crippen LogP contribution in [0.15, 0.2) is 0 Å². The second kappa shape index (κ2) is 7.59. The van der Waals surface area contributed by atoms with Gasteiger partial charge in [0.1, 0.15) is 0 Å². The lowest BCUT2D eigenvalue weighted by molar-refractivity contribution is -0.139. The van der Waals surface area contributed by atoms with Crippen LogP contribution in [0.5, 0.6) is 0 Å². The van der Waals surface area contributed by atoms with E-state index in [1.807, 2.05) is 0 Å². The molecule has 2 N–H and O–H groups in total.